The van der Waals surface area contributed by atoms with Crippen LogP contribution in [0.15, 0.2) is 18.2 Å². The summed E-state index contributed by atoms with van der Waals surface area (Å²) in [6.45, 7) is 2.97. The normalized spacial score (nSPS) is 17.9. The predicted octanol–water partition coefficient (Wildman–Crippen LogP) is 0.967. The molecule has 7 nitrogen and oxygen atoms in total. The minimum absolute atomic E-state index is 0.0197. The van der Waals surface area contributed by atoms with Crippen molar-refractivity contribution in [2.45, 2.75) is 32.8 Å². The summed E-state index contributed by atoms with van der Waals surface area (Å²) in [5, 5.41) is 19.0. The van der Waals surface area contributed by atoms with E-state index in [4.69, 9.17) is 4.74 Å². The fraction of sp³-hybridized carbons (Fsp3) is 0.438. The molecule has 7 heteroatoms. The number of aromatic hydroxyl groups is 2. The molecule has 1 fully saturated rings. The summed E-state index contributed by atoms with van der Waals surface area (Å²) >= 11 is 0. The predicted molar refractivity (Wildman–Crippen MR) is 79.5 cm³/mol. The monoisotopic (exact) mass is 321 g/mol. The summed E-state index contributed by atoms with van der Waals surface area (Å²) in [5.74, 6) is -2.37. The van der Waals surface area contributed by atoms with Gasteiger partial charge in [0.2, 0.25) is 11.8 Å². The number of nitrogens with zero attached hydrogens (tertiary/aromatic N) is 1. The van der Waals surface area contributed by atoms with Crippen LogP contribution in [0.25, 0.3) is 0 Å². The van der Waals surface area contributed by atoms with Gasteiger partial charge in [-0.05, 0) is 31.9 Å². The van der Waals surface area contributed by atoms with Gasteiger partial charge in [-0.25, -0.2) is 0 Å². The van der Waals surface area contributed by atoms with Crippen LogP contribution in [0.4, 0.5) is 0 Å². The van der Waals surface area contributed by atoms with Crippen molar-refractivity contribution in [3.05, 3.63) is 23.8 Å². The summed E-state index contributed by atoms with van der Waals surface area (Å²) < 4.78 is 4.94. The highest BCUT2D eigenvalue weighted by atomic mass is 16.5. The van der Waals surface area contributed by atoms with Crippen LogP contribution in [0.3, 0.4) is 0 Å². The zero-order valence-electron chi connectivity index (χ0n) is 13.0. The van der Waals surface area contributed by atoms with E-state index in [2.05, 4.69) is 0 Å². The number of carbonyl (C=O) groups is 3. The Morgan fingerprint density at radius 2 is 2.04 bits per heavy atom. The fourth-order valence-electron chi connectivity index (χ4n) is 2.50. The van der Waals surface area contributed by atoms with Crippen LogP contribution in [0, 0.1) is 5.92 Å². The molecule has 0 spiro atoms. The van der Waals surface area contributed by atoms with Crippen LogP contribution in [-0.4, -0.2) is 45.5 Å². The molecule has 0 aromatic heterocycles. The van der Waals surface area contributed by atoms with E-state index in [0.29, 0.717) is 5.56 Å². The molecule has 1 aromatic rings. The van der Waals surface area contributed by atoms with E-state index in [0.717, 1.165) is 4.90 Å². The molecule has 23 heavy (non-hydrogen) atoms. The van der Waals surface area contributed by atoms with Crippen LogP contribution in [-0.2, 0) is 25.5 Å². The van der Waals surface area contributed by atoms with Crippen molar-refractivity contribution in [1.82, 2.24) is 4.90 Å². The Balaban J connectivity index is 2.04. The van der Waals surface area contributed by atoms with Gasteiger partial charge in [0.25, 0.3) is 0 Å². The van der Waals surface area contributed by atoms with Gasteiger partial charge in [0.15, 0.2) is 0 Å². The number of rotatable bonds is 5. The third kappa shape index (κ3) is 4.00. The van der Waals surface area contributed by atoms with Gasteiger partial charge in [-0.2, -0.15) is 0 Å². The maximum absolute atomic E-state index is 12.3. The number of hydrogen-bond donors (Lipinski definition) is 2. The number of likely N-dealkylation sites (tertiary alicyclic amines) is 1. The lowest BCUT2D eigenvalue weighted by Crippen LogP contribution is -2.37. The van der Waals surface area contributed by atoms with E-state index in [-0.39, 0.29) is 30.4 Å². The van der Waals surface area contributed by atoms with Crippen molar-refractivity contribution < 1.29 is 29.3 Å². The van der Waals surface area contributed by atoms with E-state index in [1.54, 1.807) is 13.8 Å². The second kappa shape index (κ2) is 6.68. The van der Waals surface area contributed by atoms with Crippen molar-refractivity contribution in [2.24, 2.45) is 5.92 Å². The quantitative estimate of drug-likeness (QED) is 0.618. The van der Waals surface area contributed by atoms with Gasteiger partial charge in [0, 0.05) is 12.5 Å². The number of phenolic OH excluding ortho intramolecular Hbond substituents is 2. The number of imide groups is 1. The molecule has 1 heterocycles. The number of carbonyl (C=O) groups excluding carboxylic acids is 3. The molecule has 2 N–H and O–H groups in total. The Morgan fingerprint density at radius 1 is 1.35 bits per heavy atom. The molecule has 1 aliphatic heterocycles. The third-order valence-corrected chi connectivity index (χ3v) is 3.53. The topological polar surface area (TPSA) is 104 Å². The second-order valence-corrected chi connectivity index (χ2v) is 5.77. The van der Waals surface area contributed by atoms with Gasteiger partial charge in [-0.15, -0.1) is 0 Å². The van der Waals surface area contributed by atoms with E-state index in [1.165, 1.54) is 18.2 Å². The first-order chi connectivity index (χ1) is 10.8. The highest BCUT2D eigenvalue weighted by Crippen LogP contribution is 2.29. The highest BCUT2D eigenvalue weighted by molar-refractivity contribution is 6.05. The Bertz CT molecular complexity index is 639. The summed E-state index contributed by atoms with van der Waals surface area (Å²) in [6, 6.07) is 4.07. The molecule has 2 rings (SSSR count). The average Bonchev–Trinajstić information content (AvgIpc) is 2.69. The molecule has 0 bridgehead atoms. The summed E-state index contributed by atoms with van der Waals surface area (Å²) in [4.78, 5) is 36.7. The number of hydrogen-bond acceptors (Lipinski definition) is 6. The number of ether oxygens (including phenoxy) is 1. The van der Waals surface area contributed by atoms with Gasteiger partial charge in [-0.1, -0.05) is 6.07 Å². The van der Waals surface area contributed by atoms with E-state index >= 15 is 0 Å². The van der Waals surface area contributed by atoms with Crippen molar-refractivity contribution in [2.75, 3.05) is 6.54 Å². The first-order valence-electron chi connectivity index (χ1n) is 7.32. The highest BCUT2D eigenvalue weighted by Gasteiger charge is 2.40. The number of amides is 2. The maximum Gasteiger partial charge on any atom is 0.326 e. The number of phenols is 2. The molecule has 0 aliphatic carbocycles. The summed E-state index contributed by atoms with van der Waals surface area (Å²) in [7, 11) is 0. The minimum Gasteiger partial charge on any atom is -0.508 e. The molecule has 0 radical (unpaired) electrons. The molecular formula is C16H19NO6. The van der Waals surface area contributed by atoms with Crippen LogP contribution < -0.4 is 0 Å². The summed E-state index contributed by atoms with van der Waals surface area (Å²) in [5.41, 5.74) is 0.459. The Labute approximate surface area is 133 Å². The first-order valence-corrected chi connectivity index (χ1v) is 7.32. The van der Waals surface area contributed by atoms with Gasteiger partial charge in [0.1, 0.15) is 18.0 Å². The Morgan fingerprint density at radius 3 is 2.65 bits per heavy atom. The number of benzene rings is 1. The SMILES string of the molecule is CC(C)OC(=O)CN1C(=O)CC(Cc2ccc(O)cc2O)C1=O. The first kappa shape index (κ1) is 16.8. The molecule has 1 unspecified atom stereocenters. The Kier molecular flexibility index (Phi) is 4.88. The molecule has 2 amide bonds. The lowest BCUT2D eigenvalue weighted by molar-refractivity contribution is -0.155. The zero-order chi connectivity index (χ0) is 17.1. The zero-order valence-corrected chi connectivity index (χ0v) is 13.0. The Hall–Kier alpha value is -2.57. The molecule has 1 aromatic carbocycles. The molecule has 1 aliphatic rings. The minimum atomic E-state index is -0.634. The molecule has 124 valence electrons. The summed E-state index contributed by atoms with van der Waals surface area (Å²) in [6.07, 6.45) is -0.180. The van der Waals surface area contributed by atoms with Gasteiger partial charge in [0.05, 0.1) is 12.0 Å². The maximum atomic E-state index is 12.3. The van der Waals surface area contributed by atoms with Crippen LogP contribution in [0.2, 0.25) is 0 Å². The van der Waals surface area contributed by atoms with E-state index in [9.17, 15) is 24.6 Å². The lowest BCUT2D eigenvalue weighted by atomic mass is 9.97. The van der Waals surface area contributed by atoms with Crippen molar-refractivity contribution in [3.63, 3.8) is 0 Å². The third-order valence-electron chi connectivity index (χ3n) is 3.53. The standard InChI is InChI=1S/C16H19NO6/c1-9(2)23-15(21)8-17-14(20)6-11(16(17)22)5-10-3-4-12(18)7-13(10)19/h3-4,7,9,11,18-19H,5-6,8H2,1-2H3. The molecule has 1 atom stereocenters. The lowest BCUT2D eigenvalue weighted by Gasteiger charge is -2.15. The van der Waals surface area contributed by atoms with Crippen LogP contribution in [0.1, 0.15) is 25.8 Å². The van der Waals surface area contributed by atoms with Gasteiger partial charge < -0.3 is 14.9 Å². The van der Waals surface area contributed by atoms with Gasteiger partial charge in [-0.3, -0.25) is 19.3 Å². The fourth-order valence-corrected chi connectivity index (χ4v) is 2.50. The van der Waals surface area contributed by atoms with E-state index < -0.39 is 30.2 Å². The van der Waals surface area contributed by atoms with Crippen LogP contribution in [0.5, 0.6) is 11.5 Å². The van der Waals surface area contributed by atoms with Crippen molar-refractivity contribution >= 4 is 17.8 Å². The van der Waals surface area contributed by atoms with Crippen LogP contribution >= 0.6 is 0 Å². The smallest absolute Gasteiger partial charge is 0.326 e. The average molecular weight is 321 g/mol. The van der Waals surface area contributed by atoms with Crippen molar-refractivity contribution in [1.29, 1.82) is 0 Å². The largest absolute Gasteiger partial charge is 0.508 e. The molecule has 0 saturated carbocycles. The molecular weight excluding hydrogens is 302 g/mol. The second-order valence-electron chi connectivity index (χ2n) is 5.77. The van der Waals surface area contributed by atoms with Gasteiger partial charge >= 0.3 is 5.97 Å². The van der Waals surface area contributed by atoms with E-state index in [1.807, 2.05) is 0 Å². The molecule has 1 saturated heterocycles. The number of esters is 1. The van der Waals surface area contributed by atoms with Crippen molar-refractivity contribution in [3.8, 4) is 11.5 Å².